The first-order valence-electron chi connectivity index (χ1n) is 35.0. The van der Waals surface area contributed by atoms with Gasteiger partial charge < -0.3 is 33.3 Å². The second-order valence-electron chi connectivity index (χ2n) is 24.1. The molecular formula is C78H129NO8. The third kappa shape index (κ3) is 68.5. The second kappa shape index (κ2) is 67.1. The number of ether oxygens (including phenoxy) is 4. The second-order valence-corrected chi connectivity index (χ2v) is 24.1. The number of carboxylic acids is 1. The number of allylic oxidation sites excluding steroid dienone is 24. The molecule has 0 heterocycles. The van der Waals surface area contributed by atoms with E-state index in [4.69, 9.17) is 18.9 Å². The maximum Gasteiger partial charge on any atom is 0.306 e. The Morgan fingerprint density at radius 1 is 0.345 bits per heavy atom. The van der Waals surface area contributed by atoms with Gasteiger partial charge in [0.25, 0.3) is 0 Å². The van der Waals surface area contributed by atoms with Crippen LogP contribution in [-0.2, 0) is 33.3 Å². The number of esters is 2. The van der Waals surface area contributed by atoms with Crippen molar-refractivity contribution in [1.29, 1.82) is 0 Å². The van der Waals surface area contributed by atoms with Gasteiger partial charge in [-0.25, -0.2) is 0 Å². The fourth-order valence-electron chi connectivity index (χ4n) is 9.31. The number of unbranched alkanes of at least 4 members (excludes halogenated alkanes) is 24. The standard InChI is InChI=1S/C78H129NO8/c1-6-8-10-12-14-16-18-20-22-24-26-28-30-32-34-35-36-37-38-39-40-41-43-44-46-48-50-52-54-56-58-60-62-64-66-68-75(80)85-72-74(73-86-78(77(82)83)84-71-70-79(3,4)5)87-76(81)69-67-65-63-61-59-57-55-53-51-49-47-45-42-33-31-29-27-25-23-21-19-17-15-13-11-9-7-2/h8-11,14-17,20-23,26-29,32-34,42,47,49,53,55,74,78H,6-7,12-13,18-19,24-25,30-31,35-41,43-46,48,50-52,54,56-73H2,1-5H3/b10-8-,11-9-,16-14-,17-15-,22-20-,23-21-,28-26-,29-27-,34-32-,42-33-,49-47-,55-53-. The van der Waals surface area contributed by atoms with Crippen LogP contribution in [0.5, 0.6) is 0 Å². The van der Waals surface area contributed by atoms with Crippen LogP contribution in [0.25, 0.3) is 0 Å². The van der Waals surface area contributed by atoms with Crippen molar-refractivity contribution >= 4 is 17.9 Å². The number of carbonyl (C=O) groups excluding carboxylic acids is 3. The fourth-order valence-corrected chi connectivity index (χ4v) is 9.31. The molecule has 9 nitrogen and oxygen atoms in total. The van der Waals surface area contributed by atoms with Crippen LogP contribution in [0.2, 0.25) is 0 Å². The minimum absolute atomic E-state index is 0.137. The molecule has 87 heavy (non-hydrogen) atoms. The van der Waals surface area contributed by atoms with Gasteiger partial charge in [-0.1, -0.05) is 288 Å². The lowest BCUT2D eigenvalue weighted by Crippen LogP contribution is -2.44. The minimum atomic E-state index is -1.64. The predicted molar refractivity (Wildman–Crippen MR) is 370 cm³/mol. The number of hydrogen-bond donors (Lipinski definition) is 0. The maximum atomic E-state index is 12.9. The molecule has 2 atom stereocenters. The molecule has 0 aromatic carbocycles. The third-order valence-electron chi connectivity index (χ3n) is 14.6. The van der Waals surface area contributed by atoms with Crippen molar-refractivity contribution in [3.63, 3.8) is 0 Å². The predicted octanol–water partition coefficient (Wildman–Crippen LogP) is 20.6. The zero-order valence-electron chi connectivity index (χ0n) is 56.3. The van der Waals surface area contributed by atoms with Crippen LogP contribution in [0.4, 0.5) is 0 Å². The number of hydrogen-bond acceptors (Lipinski definition) is 8. The van der Waals surface area contributed by atoms with Crippen LogP contribution in [0.15, 0.2) is 146 Å². The van der Waals surface area contributed by atoms with Gasteiger partial charge in [0.1, 0.15) is 13.2 Å². The lowest BCUT2D eigenvalue weighted by atomic mass is 10.0. The van der Waals surface area contributed by atoms with E-state index in [1.165, 1.54) is 109 Å². The molecule has 0 aliphatic heterocycles. The Labute approximate surface area is 534 Å². The summed E-state index contributed by atoms with van der Waals surface area (Å²) in [5, 5.41) is 11.8. The van der Waals surface area contributed by atoms with Gasteiger partial charge in [-0.05, 0) is 116 Å². The molecule has 0 N–H and O–H groups in total. The highest BCUT2D eigenvalue weighted by Gasteiger charge is 2.22. The van der Waals surface area contributed by atoms with Crippen LogP contribution in [0.3, 0.4) is 0 Å². The van der Waals surface area contributed by atoms with E-state index in [2.05, 4.69) is 160 Å². The zero-order chi connectivity index (χ0) is 63.3. The number of quaternary nitrogens is 1. The first kappa shape index (κ1) is 82.2. The normalized spacial score (nSPS) is 13.6. The molecule has 2 unspecified atom stereocenters. The summed E-state index contributed by atoms with van der Waals surface area (Å²) in [6.07, 6.45) is 95.0. The molecule has 0 aliphatic carbocycles. The molecule has 0 spiro atoms. The molecule has 0 aromatic heterocycles. The molecule has 9 heteroatoms. The summed E-state index contributed by atoms with van der Waals surface area (Å²) in [5.74, 6) is -2.31. The minimum Gasteiger partial charge on any atom is -0.545 e. The van der Waals surface area contributed by atoms with E-state index in [9.17, 15) is 19.5 Å². The molecular weight excluding hydrogens is 1080 g/mol. The third-order valence-corrected chi connectivity index (χ3v) is 14.6. The van der Waals surface area contributed by atoms with Crippen molar-refractivity contribution in [3.8, 4) is 0 Å². The van der Waals surface area contributed by atoms with Crippen molar-refractivity contribution < 1.29 is 42.9 Å². The Morgan fingerprint density at radius 2 is 0.621 bits per heavy atom. The van der Waals surface area contributed by atoms with Gasteiger partial charge in [-0.2, -0.15) is 0 Å². The van der Waals surface area contributed by atoms with Gasteiger partial charge >= 0.3 is 11.9 Å². The first-order valence-corrected chi connectivity index (χ1v) is 35.0. The monoisotopic (exact) mass is 1210 g/mol. The number of carbonyl (C=O) groups is 3. The van der Waals surface area contributed by atoms with Crippen molar-refractivity contribution in [2.24, 2.45) is 0 Å². The summed E-state index contributed by atoms with van der Waals surface area (Å²) in [7, 11) is 5.92. The van der Waals surface area contributed by atoms with Crippen LogP contribution in [0.1, 0.15) is 271 Å². The Morgan fingerprint density at radius 3 is 0.920 bits per heavy atom. The molecule has 0 saturated carbocycles. The highest BCUT2D eigenvalue weighted by atomic mass is 16.7. The van der Waals surface area contributed by atoms with Crippen molar-refractivity contribution in [2.75, 3.05) is 47.5 Å². The van der Waals surface area contributed by atoms with Gasteiger partial charge in [0.2, 0.25) is 0 Å². The highest BCUT2D eigenvalue weighted by molar-refractivity contribution is 5.70. The van der Waals surface area contributed by atoms with Crippen LogP contribution in [-0.4, -0.2) is 82.3 Å². The van der Waals surface area contributed by atoms with Gasteiger partial charge in [-0.3, -0.25) is 9.59 Å². The summed E-state index contributed by atoms with van der Waals surface area (Å²) in [6, 6.07) is 0. The lowest BCUT2D eigenvalue weighted by molar-refractivity contribution is -0.870. The Bertz CT molecular complexity index is 1940. The smallest absolute Gasteiger partial charge is 0.306 e. The SMILES string of the molecule is CC/C=C\C/C=C\C/C=C\C/C=C\C/C=C\C/C=C\C/C=C\CCCCCCCC(=O)OC(COC(=O)CCCCCCCCCCCCCCCCCCCCC/C=C\C/C=C\C/C=C\C/C=C\C/C=C\CC)COC(OCC[N+](C)(C)C)C(=O)[O-]. The number of aliphatic carboxylic acids is 1. The van der Waals surface area contributed by atoms with E-state index in [0.717, 1.165) is 128 Å². The summed E-state index contributed by atoms with van der Waals surface area (Å²) >= 11 is 0. The van der Waals surface area contributed by atoms with Crippen LogP contribution in [0, 0.1) is 0 Å². The van der Waals surface area contributed by atoms with Crippen LogP contribution < -0.4 is 5.11 Å². The van der Waals surface area contributed by atoms with Gasteiger partial charge in [0.15, 0.2) is 12.4 Å². The number of nitrogens with zero attached hydrogens (tertiary/aromatic N) is 1. The van der Waals surface area contributed by atoms with Gasteiger partial charge in [0, 0.05) is 12.8 Å². The van der Waals surface area contributed by atoms with E-state index in [0.29, 0.717) is 17.4 Å². The summed E-state index contributed by atoms with van der Waals surface area (Å²) in [6.45, 7) is 4.50. The Hall–Kier alpha value is -4.83. The molecule has 0 aliphatic rings. The lowest BCUT2D eigenvalue weighted by Gasteiger charge is -2.26. The number of carboxylic acid groups (broad SMARTS) is 1. The summed E-state index contributed by atoms with van der Waals surface area (Å²) < 4.78 is 22.8. The highest BCUT2D eigenvalue weighted by Crippen LogP contribution is 2.17. The molecule has 0 aromatic rings. The van der Waals surface area contributed by atoms with Gasteiger partial charge in [0.05, 0.1) is 40.3 Å². The van der Waals surface area contributed by atoms with Crippen LogP contribution >= 0.6 is 0 Å². The van der Waals surface area contributed by atoms with E-state index >= 15 is 0 Å². The number of rotatable bonds is 63. The van der Waals surface area contributed by atoms with E-state index in [-0.39, 0.29) is 38.6 Å². The quantitative estimate of drug-likeness (QED) is 0.0195. The van der Waals surface area contributed by atoms with E-state index < -0.39 is 24.3 Å². The Kier molecular flexibility index (Phi) is 63.4. The number of likely N-dealkylation sites (N-methyl/N-ethyl adjacent to an activating group) is 1. The molecule has 0 fully saturated rings. The molecule has 0 amide bonds. The molecule has 494 valence electrons. The summed E-state index contributed by atoms with van der Waals surface area (Å²) in [5.41, 5.74) is 0. The van der Waals surface area contributed by atoms with Crippen molar-refractivity contribution in [2.45, 2.75) is 283 Å². The molecule has 0 bridgehead atoms. The van der Waals surface area contributed by atoms with Crippen molar-refractivity contribution in [3.05, 3.63) is 146 Å². The average molecular weight is 1210 g/mol. The summed E-state index contributed by atoms with van der Waals surface area (Å²) in [4.78, 5) is 37.5. The van der Waals surface area contributed by atoms with E-state index in [1.807, 2.05) is 21.1 Å². The largest absolute Gasteiger partial charge is 0.545 e. The fraction of sp³-hybridized carbons (Fsp3) is 0.654. The van der Waals surface area contributed by atoms with Crippen molar-refractivity contribution in [1.82, 2.24) is 0 Å². The Balaban J connectivity index is 4.15. The molecule has 0 rings (SSSR count). The van der Waals surface area contributed by atoms with Gasteiger partial charge in [-0.15, -0.1) is 0 Å². The first-order chi connectivity index (χ1) is 42.6. The average Bonchev–Trinajstić information content (AvgIpc) is 3.56. The van der Waals surface area contributed by atoms with E-state index in [1.54, 1.807) is 0 Å². The topological polar surface area (TPSA) is 111 Å². The maximum absolute atomic E-state index is 12.9. The molecule has 0 saturated heterocycles. The zero-order valence-corrected chi connectivity index (χ0v) is 56.3. The molecule has 0 radical (unpaired) electrons.